The number of hydrogen-bond donors (Lipinski definition) is 0. The highest BCUT2D eigenvalue weighted by Gasteiger charge is 1.99. The van der Waals surface area contributed by atoms with Gasteiger partial charge in [-0.05, 0) is 32.1 Å². The Hall–Kier alpha value is -0.590. The molecular weight excluding hydrogens is 136 g/mol. The van der Waals surface area contributed by atoms with Crippen molar-refractivity contribution >= 4 is 5.78 Å². The summed E-state index contributed by atoms with van der Waals surface area (Å²) >= 11 is 0. The van der Waals surface area contributed by atoms with Crippen LogP contribution in [0.1, 0.15) is 39.5 Å². The molecule has 11 heavy (non-hydrogen) atoms. The first-order valence-corrected chi connectivity index (χ1v) is 4.27. The van der Waals surface area contributed by atoms with Crippen molar-refractivity contribution in [2.75, 3.05) is 0 Å². The summed E-state index contributed by atoms with van der Waals surface area (Å²) in [5, 5.41) is 0. The maximum atomic E-state index is 10.6. The Balaban J connectivity index is 3.23. The van der Waals surface area contributed by atoms with Gasteiger partial charge in [0.05, 0.1) is 0 Å². The molecule has 0 aromatic heterocycles. The molecule has 0 saturated heterocycles. The molecule has 1 heteroatoms. The quantitative estimate of drug-likeness (QED) is 0.537. The number of allylic oxidation sites excluding steroid dienone is 1. The fourth-order valence-corrected chi connectivity index (χ4v) is 1.10. The third-order valence-electron chi connectivity index (χ3n) is 1.79. The number of carbonyl (C=O) groups is 1. The summed E-state index contributed by atoms with van der Waals surface area (Å²) < 4.78 is 0. The molecular formula is C10H18O. The molecule has 0 aliphatic heterocycles. The summed E-state index contributed by atoms with van der Waals surface area (Å²) in [4.78, 5) is 10.6. The average Bonchev–Trinajstić information content (AvgIpc) is 1.87. The van der Waals surface area contributed by atoms with Gasteiger partial charge in [-0.1, -0.05) is 13.0 Å². The molecule has 0 radical (unpaired) electrons. The van der Waals surface area contributed by atoms with Crippen LogP contribution in [0.4, 0.5) is 0 Å². The first kappa shape index (κ1) is 10.4. The van der Waals surface area contributed by atoms with Crippen LogP contribution < -0.4 is 0 Å². The second kappa shape index (κ2) is 6.14. The monoisotopic (exact) mass is 154 g/mol. The van der Waals surface area contributed by atoms with Crippen molar-refractivity contribution in [3.63, 3.8) is 0 Å². The van der Waals surface area contributed by atoms with E-state index in [1.54, 1.807) is 6.92 Å². The Morgan fingerprint density at radius 3 is 2.73 bits per heavy atom. The zero-order chi connectivity index (χ0) is 8.69. The van der Waals surface area contributed by atoms with Gasteiger partial charge in [0.2, 0.25) is 0 Å². The average molecular weight is 154 g/mol. The molecule has 0 saturated carbocycles. The largest absolute Gasteiger partial charge is 0.300 e. The molecule has 0 heterocycles. The topological polar surface area (TPSA) is 17.1 Å². The van der Waals surface area contributed by atoms with Gasteiger partial charge in [0.15, 0.2) is 0 Å². The maximum absolute atomic E-state index is 10.6. The van der Waals surface area contributed by atoms with Crippen molar-refractivity contribution in [2.24, 2.45) is 5.92 Å². The summed E-state index contributed by atoms with van der Waals surface area (Å²) in [7, 11) is 0. The van der Waals surface area contributed by atoms with E-state index >= 15 is 0 Å². The van der Waals surface area contributed by atoms with E-state index in [0.717, 1.165) is 25.7 Å². The van der Waals surface area contributed by atoms with Crippen LogP contribution in [0.15, 0.2) is 12.7 Å². The number of hydrogen-bond acceptors (Lipinski definition) is 1. The van der Waals surface area contributed by atoms with Gasteiger partial charge >= 0.3 is 0 Å². The van der Waals surface area contributed by atoms with Crippen molar-refractivity contribution in [2.45, 2.75) is 39.5 Å². The number of rotatable bonds is 6. The highest BCUT2D eigenvalue weighted by atomic mass is 16.1. The number of Topliss-reactive ketones (excluding diaryl/α,β-unsaturated/α-hetero) is 1. The molecule has 0 aromatic carbocycles. The van der Waals surface area contributed by atoms with E-state index in [4.69, 9.17) is 0 Å². The predicted octanol–water partition coefficient (Wildman–Crippen LogP) is 2.96. The third kappa shape index (κ3) is 7.31. The van der Waals surface area contributed by atoms with Gasteiger partial charge in [0.1, 0.15) is 5.78 Å². The van der Waals surface area contributed by atoms with E-state index in [2.05, 4.69) is 13.5 Å². The Labute approximate surface area is 69.5 Å². The van der Waals surface area contributed by atoms with Crippen LogP contribution in [0.5, 0.6) is 0 Å². The molecule has 0 N–H and O–H groups in total. The van der Waals surface area contributed by atoms with Crippen molar-refractivity contribution in [3.8, 4) is 0 Å². The molecule has 0 aromatic rings. The molecule has 0 spiro atoms. The fourth-order valence-electron chi connectivity index (χ4n) is 1.10. The molecule has 1 nitrogen and oxygen atoms in total. The number of carbonyl (C=O) groups excluding carboxylic acids is 1. The highest BCUT2D eigenvalue weighted by molar-refractivity contribution is 5.75. The minimum atomic E-state index is 0.302. The Morgan fingerprint density at radius 2 is 2.27 bits per heavy atom. The summed E-state index contributed by atoms with van der Waals surface area (Å²) in [5.41, 5.74) is 0. The molecule has 0 aliphatic rings. The van der Waals surface area contributed by atoms with Crippen LogP contribution in [-0.2, 0) is 4.79 Å². The Morgan fingerprint density at radius 1 is 1.64 bits per heavy atom. The molecule has 0 aliphatic carbocycles. The van der Waals surface area contributed by atoms with E-state index in [1.807, 2.05) is 6.08 Å². The van der Waals surface area contributed by atoms with Gasteiger partial charge in [-0.2, -0.15) is 0 Å². The third-order valence-corrected chi connectivity index (χ3v) is 1.79. The fraction of sp³-hybridized carbons (Fsp3) is 0.700. The second-order valence-corrected chi connectivity index (χ2v) is 3.22. The van der Waals surface area contributed by atoms with E-state index in [-0.39, 0.29) is 0 Å². The van der Waals surface area contributed by atoms with Crippen LogP contribution in [0, 0.1) is 5.92 Å². The van der Waals surface area contributed by atoms with Crippen molar-refractivity contribution in [1.29, 1.82) is 0 Å². The van der Waals surface area contributed by atoms with Gasteiger partial charge in [-0.3, -0.25) is 0 Å². The summed E-state index contributed by atoms with van der Waals surface area (Å²) in [6, 6.07) is 0. The van der Waals surface area contributed by atoms with Crippen molar-refractivity contribution < 1.29 is 4.79 Å². The highest BCUT2D eigenvalue weighted by Crippen LogP contribution is 2.11. The summed E-state index contributed by atoms with van der Waals surface area (Å²) in [6.45, 7) is 7.52. The maximum Gasteiger partial charge on any atom is 0.129 e. The van der Waals surface area contributed by atoms with Crippen molar-refractivity contribution in [1.82, 2.24) is 0 Å². The molecule has 0 bridgehead atoms. The predicted molar refractivity (Wildman–Crippen MR) is 48.5 cm³/mol. The van der Waals surface area contributed by atoms with Gasteiger partial charge in [-0.25, -0.2) is 0 Å². The summed E-state index contributed by atoms with van der Waals surface area (Å²) in [6.07, 6.45) is 5.92. The van der Waals surface area contributed by atoms with Crippen LogP contribution in [0.2, 0.25) is 0 Å². The lowest BCUT2D eigenvalue weighted by atomic mass is 10.00. The molecule has 0 fully saturated rings. The zero-order valence-electron chi connectivity index (χ0n) is 7.60. The molecule has 0 unspecified atom stereocenters. The van der Waals surface area contributed by atoms with Crippen LogP contribution in [0.25, 0.3) is 0 Å². The van der Waals surface area contributed by atoms with Gasteiger partial charge in [0.25, 0.3) is 0 Å². The summed E-state index contributed by atoms with van der Waals surface area (Å²) in [5.74, 6) is 0.989. The lowest BCUT2D eigenvalue weighted by molar-refractivity contribution is -0.117. The normalized spacial score (nSPS) is 12.5. The zero-order valence-corrected chi connectivity index (χ0v) is 7.60. The van der Waals surface area contributed by atoms with Gasteiger partial charge in [-0.15, -0.1) is 6.58 Å². The molecule has 64 valence electrons. The number of ketones is 1. The smallest absolute Gasteiger partial charge is 0.129 e. The Bertz CT molecular complexity index is 127. The van der Waals surface area contributed by atoms with Crippen LogP contribution in [-0.4, -0.2) is 5.78 Å². The molecule has 0 rings (SSSR count). The molecule has 1 atom stereocenters. The van der Waals surface area contributed by atoms with Crippen LogP contribution >= 0.6 is 0 Å². The first-order chi connectivity index (χ1) is 5.16. The minimum absolute atomic E-state index is 0.302. The second-order valence-electron chi connectivity index (χ2n) is 3.22. The lowest BCUT2D eigenvalue weighted by Crippen LogP contribution is -1.95. The minimum Gasteiger partial charge on any atom is -0.300 e. The first-order valence-electron chi connectivity index (χ1n) is 4.27. The van der Waals surface area contributed by atoms with E-state index < -0.39 is 0 Å². The van der Waals surface area contributed by atoms with Crippen molar-refractivity contribution in [3.05, 3.63) is 12.7 Å². The lowest BCUT2D eigenvalue weighted by Gasteiger charge is -2.06. The molecule has 0 amide bonds. The SMILES string of the molecule is C=CC[C@H](C)CCCC(C)=O. The van der Waals surface area contributed by atoms with Crippen LogP contribution in [0.3, 0.4) is 0 Å². The van der Waals surface area contributed by atoms with E-state index in [0.29, 0.717) is 11.7 Å². The van der Waals surface area contributed by atoms with E-state index in [9.17, 15) is 4.79 Å². The van der Waals surface area contributed by atoms with Gasteiger partial charge in [0, 0.05) is 6.42 Å². The van der Waals surface area contributed by atoms with E-state index in [1.165, 1.54) is 0 Å². The van der Waals surface area contributed by atoms with Gasteiger partial charge < -0.3 is 4.79 Å². The standard InChI is InChI=1S/C10H18O/c1-4-6-9(2)7-5-8-10(3)11/h4,9H,1,5-8H2,2-3H3/t9-/m0/s1. The Kier molecular flexibility index (Phi) is 5.81.